The van der Waals surface area contributed by atoms with Crippen molar-refractivity contribution in [3.63, 3.8) is 0 Å². The summed E-state index contributed by atoms with van der Waals surface area (Å²) in [7, 11) is 0. The lowest BCUT2D eigenvalue weighted by Gasteiger charge is -2.47. The molecule has 1 heterocycles. The second kappa shape index (κ2) is 13.9. The van der Waals surface area contributed by atoms with Gasteiger partial charge in [-0.25, -0.2) is 9.18 Å². The number of halogens is 3. The first-order valence-electron chi connectivity index (χ1n) is 13.4. The van der Waals surface area contributed by atoms with Crippen molar-refractivity contribution in [2.45, 2.75) is 57.4 Å². The average Bonchev–Trinajstić information content (AvgIpc) is 2.94. The first kappa shape index (κ1) is 29.8. The molecule has 4 rings (SSSR count). The normalized spacial score (nSPS) is 20.1. The van der Waals surface area contributed by atoms with Crippen LogP contribution in [0, 0.1) is 5.82 Å². The molecule has 0 aliphatic carbocycles. The Kier molecular flexibility index (Phi) is 10.4. The van der Waals surface area contributed by atoms with Gasteiger partial charge in [0.05, 0.1) is 18.7 Å². The fourth-order valence-corrected chi connectivity index (χ4v) is 5.26. The molecular weight excluding hydrogens is 552 g/mol. The van der Waals surface area contributed by atoms with Crippen LogP contribution in [0.25, 0.3) is 0 Å². The van der Waals surface area contributed by atoms with Crippen LogP contribution in [0.2, 0.25) is 10.0 Å². The predicted molar refractivity (Wildman–Crippen MR) is 155 cm³/mol. The summed E-state index contributed by atoms with van der Waals surface area (Å²) in [6, 6.07) is 19.8. The van der Waals surface area contributed by atoms with Crippen LogP contribution < -0.4 is 0 Å². The zero-order chi connectivity index (χ0) is 28.6. The summed E-state index contributed by atoms with van der Waals surface area (Å²) >= 11 is 12.4. The van der Waals surface area contributed by atoms with Gasteiger partial charge in [0.25, 0.3) is 5.91 Å². The lowest BCUT2D eigenvalue weighted by Crippen LogP contribution is -2.55. The monoisotopic (exact) mass is 583 g/mol. The summed E-state index contributed by atoms with van der Waals surface area (Å²) in [5.74, 6) is -1.04. The Labute approximate surface area is 244 Å². The van der Waals surface area contributed by atoms with E-state index in [4.69, 9.17) is 32.7 Å². The van der Waals surface area contributed by atoms with E-state index in [9.17, 15) is 14.0 Å². The number of benzene rings is 3. The zero-order valence-electron chi connectivity index (χ0n) is 22.4. The summed E-state index contributed by atoms with van der Waals surface area (Å²) in [5.41, 5.74) is 2.45. The number of nitrogens with zero attached hydrogens (tertiary/aromatic N) is 1. The Morgan fingerprint density at radius 2 is 1.57 bits per heavy atom. The van der Waals surface area contributed by atoms with E-state index in [-0.39, 0.29) is 24.8 Å². The molecule has 210 valence electrons. The molecule has 8 heteroatoms. The number of carbonyl (C=O) groups is 2. The lowest BCUT2D eigenvalue weighted by atomic mass is 9.88. The second-order valence-corrected chi connectivity index (χ2v) is 10.5. The maximum absolute atomic E-state index is 14.3. The molecule has 0 bridgehead atoms. The van der Waals surface area contributed by atoms with Crippen LogP contribution in [0.4, 0.5) is 4.39 Å². The van der Waals surface area contributed by atoms with Crippen LogP contribution >= 0.6 is 23.2 Å². The molecule has 0 aromatic heterocycles. The van der Waals surface area contributed by atoms with Gasteiger partial charge in [0, 0.05) is 22.5 Å². The van der Waals surface area contributed by atoms with E-state index in [0.29, 0.717) is 16.5 Å². The van der Waals surface area contributed by atoms with Crippen molar-refractivity contribution < 1.29 is 23.5 Å². The van der Waals surface area contributed by atoms with Crippen LogP contribution in [-0.2, 0) is 25.5 Å². The Hall–Kier alpha value is -3.19. The molecule has 3 aromatic carbocycles. The second-order valence-electron chi connectivity index (χ2n) is 9.64. The van der Waals surface area contributed by atoms with Crippen molar-refractivity contribution >= 4 is 35.1 Å². The molecule has 3 aromatic rings. The highest BCUT2D eigenvalue weighted by molar-refractivity contribution is 6.30. The Bertz CT molecular complexity index is 1310. The number of morpholine rings is 1. The van der Waals surface area contributed by atoms with Crippen molar-refractivity contribution in [3.05, 3.63) is 118 Å². The topological polar surface area (TPSA) is 55.8 Å². The summed E-state index contributed by atoms with van der Waals surface area (Å²) in [6.07, 6.45) is 3.36. The summed E-state index contributed by atoms with van der Waals surface area (Å²) < 4.78 is 25.3. The lowest BCUT2D eigenvalue weighted by molar-refractivity contribution is -0.177. The van der Waals surface area contributed by atoms with Crippen molar-refractivity contribution in [3.8, 4) is 0 Å². The fraction of sp³-hybridized carbons (Fsp3) is 0.312. The molecule has 1 fully saturated rings. The van der Waals surface area contributed by atoms with Crippen molar-refractivity contribution in [1.29, 1.82) is 0 Å². The van der Waals surface area contributed by atoms with Gasteiger partial charge in [-0.3, -0.25) is 4.79 Å². The number of amides is 1. The molecular formula is C32H32Cl2FNO4. The third-order valence-corrected chi connectivity index (χ3v) is 7.36. The van der Waals surface area contributed by atoms with Crippen molar-refractivity contribution in [2.75, 3.05) is 6.61 Å². The average molecular weight is 585 g/mol. The molecule has 40 heavy (non-hydrogen) atoms. The largest absolute Gasteiger partial charge is 0.463 e. The number of rotatable bonds is 10. The van der Waals surface area contributed by atoms with E-state index in [0.717, 1.165) is 23.1 Å². The number of hydrogen-bond donors (Lipinski definition) is 0. The van der Waals surface area contributed by atoms with E-state index in [1.54, 1.807) is 49.4 Å². The highest BCUT2D eigenvalue weighted by Crippen LogP contribution is 2.44. The maximum atomic E-state index is 14.3. The Morgan fingerprint density at radius 3 is 2.15 bits per heavy atom. The van der Waals surface area contributed by atoms with Crippen LogP contribution in [0.3, 0.4) is 0 Å². The first-order valence-corrected chi connectivity index (χ1v) is 14.1. The Balaban J connectivity index is 1.84. The van der Waals surface area contributed by atoms with E-state index in [1.165, 1.54) is 18.2 Å². The SMILES string of the molecule is CCC[C@@H](C=CC(=O)OCC)N1C(=O)[C@@H](Cc2ccc(F)cc2)O[C@H](c2ccc(Cl)cc2)[C@@H]1c1ccc(Cl)cc1. The third-order valence-electron chi connectivity index (χ3n) is 6.85. The van der Waals surface area contributed by atoms with E-state index >= 15 is 0 Å². The molecule has 1 aliphatic rings. The summed E-state index contributed by atoms with van der Waals surface area (Å²) in [6.45, 7) is 4.03. The van der Waals surface area contributed by atoms with Gasteiger partial charge in [-0.1, -0.05) is 79.0 Å². The molecule has 0 unspecified atom stereocenters. The van der Waals surface area contributed by atoms with Gasteiger partial charge in [0.1, 0.15) is 18.0 Å². The van der Waals surface area contributed by atoms with Gasteiger partial charge in [0.2, 0.25) is 0 Å². The minimum atomic E-state index is -0.843. The molecule has 0 N–H and O–H groups in total. The van der Waals surface area contributed by atoms with Crippen LogP contribution in [0.5, 0.6) is 0 Å². The van der Waals surface area contributed by atoms with Gasteiger partial charge in [-0.15, -0.1) is 0 Å². The van der Waals surface area contributed by atoms with Gasteiger partial charge in [-0.05, 0) is 66.4 Å². The van der Waals surface area contributed by atoms with Crippen LogP contribution in [0.15, 0.2) is 84.9 Å². The summed E-state index contributed by atoms with van der Waals surface area (Å²) in [5, 5.41) is 1.16. The number of carbonyl (C=O) groups excluding carboxylic acids is 2. The Morgan fingerprint density at radius 1 is 0.975 bits per heavy atom. The zero-order valence-corrected chi connectivity index (χ0v) is 23.9. The number of hydrogen-bond acceptors (Lipinski definition) is 4. The molecule has 0 saturated carbocycles. The van der Waals surface area contributed by atoms with Gasteiger partial charge in [-0.2, -0.15) is 0 Å². The number of ether oxygens (including phenoxy) is 2. The van der Waals surface area contributed by atoms with Crippen molar-refractivity contribution in [1.82, 2.24) is 4.90 Å². The number of esters is 1. The fourth-order valence-electron chi connectivity index (χ4n) is 5.01. The predicted octanol–water partition coefficient (Wildman–Crippen LogP) is 7.67. The smallest absolute Gasteiger partial charge is 0.330 e. The highest BCUT2D eigenvalue weighted by Gasteiger charge is 2.46. The van der Waals surface area contributed by atoms with Gasteiger partial charge >= 0.3 is 5.97 Å². The molecule has 4 atom stereocenters. The van der Waals surface area contributed by atoms with Crippen LogP contribution in [-0.4, -0.2) is 35.5 Å². The van der Waals surface area contributed by atoms with E-state index in [2.05, 4.69) is 0 Å². The molecule has 0 radical (unpaired) electrons. The molecule has 1 amide bonds. The minimum Gasteiger partial charge on any atom is -0.463 e. The third kappa shape index (κ3) is 7.30. The van der Waals surface area contributed by atoms with Gasteiger partial charge in [0.15, 0.2) is 0 Å². The molecule has 5 nitrogen and oxygen atoms in total. The van der Waals surface area contributed by atoms with E-state index < -0.39 is 30.3 Å². The van der Waals surface area contributed by atoms with Crippen molar-refractivity contribution in [2.24, 2.45) is 0 Å². The summed E-state index contributed by atoms with van der Waals surface area (Å²) in [4.78, 5) is 28.4. The van der Waals surface area contributed by atoms with Crippen LogP contribution in [0.1, 0.15) is 55.5 Å². The molecule has 1 saturated heterocycles. The highest BCUT2D eigenvalue weighted by atomic mass is 35.5. The minimum absolute atomic E-state index is 0.221. The standard InChI is InChI=1S/C32H32Cl2FNO4/c1-3-5-27(18-19-29(37)39-4-2)36-30(22-8-12-24(33)13-9-22)31(23-10-14-25(34)15-11-23)40-28(32(36)38)20-21-6-16-26(35)17-7-21/h6-19,27-28,30-31H,3-5,20H2,1-2H3/t27-,28+,30-,31+/m0/s1. The quantitative estimate of drug-likeness (QED) is 0.181. The first-order chi connectivity index (χ1) is 19.3. The molecule has 0 spiro atoms. The molecule has 1 aliphatic heterocycles. The van der Waals surface area contributed by atoms with Gasteiger partial charge < -0.3 is 14.4 Å². The maximum Gasteiger partial charge on any atom is 0.330 e. The van der Waals surface area contributed by atoms with E-state index in [1.807, 2.05) is 36.1 Å².